The lowest BCUT2D eigenvalue weighted by Crippen LogP contribution is -2.33. The molecule has 1 N–H and O–H groups in total. The van der Waals surface area contributed by atoms with Crippen LogP contribution < -0.4 is 5.11 Å². The molecule has 0 fully saturated rings. The number of aliphatic hydroxyl groups excluding tert-OH is 1. The maximum atomic E-state index is 9.61. The van der Waals surface area contributed by atoms with Crippen LogP contribution in [0.1, 0.15) is 0 Å². The van der Waals surface area contributed by atoms with E-state index in [9.17, 15) is 9.90 Å². The highest BCUT2D eigenvalue weighted by molar-refractivity contribution is 9.10. The molecule has 0 spiro atoms. The number of alkyl halides is 1. The minimum Gasteiger partial charge on any atom is -0.549 e. The van der Waals surface area contributed by atoms with Gasteiger partial charge in [0, 0.05) is 0 Å². The average molecular weight is 168 g/mol. The minimum absolute atomic E-state index is 0.428. The van der Waals surface area contributed by atoms with Gasteiger partial charge in [0.25, 0.3) is 0 Å². The number of carbonyl (C=O) groups is 1. The van der Waals surface area contributed by atoms with E-state index in [2.05, 4.69) is 15.9 Å². The monoisotopic (exact) mass is 167 g/mol. The van der Waals surface area contributed by atoms with Crippen molar-refractivity contribution in [3.8, 4) is 0 Å². The van der Waals surface area contributed by atoms with Crippen molar-refractivity contribution in [2.45, 2.75) is 4.83 Å². The van der Waals surface area contributed by atoms with E-state index in [-0.39, 0.29) is 0 Å². The lowest BCUT2D eigenvalue weighted by Gasteiger charge is -2.03. The number of halogens is 1. The van der Waals surface area contributed by atoms with Crippen LogP contribution in [0.5, 0.6) is 0 Å². The SMILES string of the molecule is O=C([O-])C(Br)CO. The van der Waals surface area contributed by atoms with Crippen LogP contribution in [0.3, 0.4) is 0 Å². The average Bonchev–Trinajstić information content (AvgIpc) is 1.65. The first-order valence-corrected chi connectivity index (χ1v) is 2.56. The molecule has 0 bridgehead atoms. The molecule has 0 radical (unpaired) electrons. The summed E-state index contributed by atoms with van der Waals surface area (Å²) in [4.78, 5) is 8.69. The Hall–Kier alpha value is -0.0900. The van der Waals surface area contributed by atoms with Crippen LogP contribution in [-0.2, 0) is 4.79 Å². The van der Waals surface area contributed by atoms with Crippen LogP contribution in [0.25, 0.3) is 0 Å². The third-order valence-corrected chi connectivity index (χ3v) is 1.08. The third-order valence-electron chi connectivity index (χ3n) is 0.416. The Labute approximate surface area is 49.1 Å². The lowest BCUT2D eigenvalue weighted by molar-refractivity contribution is -0.305. The van der Waals surface area contributed by atoms with E-state index in [1.807, 2.05) is 0 Å². The van der Waals surface area contributed by atoms with Crippen LogP contribution in [0.2, 0.25) is 0 Å². The van der Waals surface area contributed by atoms with Crippen LogP contribution in [0.4, 0.5) is 0 Å². The Kier molecular flexibility index (Phi) is 2.95. The molecule has 0 amide bonds. The second kappa shape index (κ2) is 2.98. The topological polar surface area (TPSA) is 60.4 Å². The van der Waals surface area contributed by atoms with Gasteiger partial charge < -0.3 is 15.0 Å². The van der Waals surface area contributed by atoms with Crippen molar-refractivity contribution in [1.82, 2.24) is 0 Å². The van der Waals surface area contributed by atoms with Crippen LogP contribution >= 0.6 is 15.9 Å². The number of aliphatic hydroxyl groups is 1. The molecule has 0 aliphatic rings. The van der Waals surface area contributed by atoms with Crippen molar-refractivity contribution >= 4 is 21.9 Å². The molecule has 0 aromatic carbocycles. The lowest BCUT2D eigenvalue weighted by atomic mass is 10.5. The summed E-state index contributed by atoms with van der Waals surface area (Å²) < 4.78 is 0. The quantitative estimate of drug-likeness (QED) is 0.510. The number of hydrogen-bond acceptors (Lipinski definition) is 3. The smallest absolute Gasteiger partial charge is 0.0771 e. The molecule has 7 heavy (non-hydrogen) atoms. The summed E-state index contributed by atoms with van der Waals surface area (Å²) in [6, 6.07) is 0. The Bertz CT molecular complexity index is 72.6. The summed E-state index contributed by atoms with van der Waals surface area (Å²) in [7, 11) is 0. The van der Waals surface area contributed by atoms with Gasteiger partial charge in [-0.1, -0.05) is 15.9 Å². The van der Waals surface area contributed by atoms with Gasteiger partial charge >= 0.3 is 0 Å². The third kappa shape index (κ3) is 2.59. The molecule has 0 saturated carbocycles. The zero-order valence-electron chi connectivity index (χ0n) is 3.43. The van der Waals surface area contributed by atoms with Gasteiger partial charge in [-0.2, -0.15) is 0 Å². The molecular weight excluding hydrogens is 164 g/mol. The van der Waals surface area contributed by atoms with Crippen LogP contribution in [0.15, 0.2) is 0 Å². The number of carboxylic acid groups (broad SMARTS) is 1. The Morgan fingerprint density at radius 1 is 2.00 bits per heavy atom. The molecule has 0 aliphatic carbocycles. The molecule has 4 heteroatoms. The highest BCUT2D eigenvalue weighted by Crippen LogP contribution is 1.93. The van der Waals surface area contributed by atoms with E-state index < -0.39 is 17.4 Å². The molecule has 0 aromatic rings. The molecule has 3 nitrogen and oxygen atoms in total. The fourth-order valence-corrected chi connectivity index (χ4v) is 0.0745. The number of rotatable bonds is 2. The van der Waals surface area contributed by atoms with Crippen molar-refractivity contribution in [2.24, 2.45) is 0 Å². The summed E-state index contributed by atoms with van der Waals surface area (Å²) in [5.41, 5.74) is 0. The van der Waals surface area contributed by atoms with Crippen molar-refractivity contribution in [1.29, 1.82) is 0 Å². The fourth-order valence-electron chi connectivity index (χ4n) is 0.0745. The number of carboxylic acids is 1. The van der Waals surface area contributed by atoms with E-state index >= 15 is 0 Å². The second-order valence-corrected chi connectivity index (χ2v) is 2.07. The van der Waals surface area contributed by atoms with E-state index in [1.165, 1.54) is 0 Å². The maximum absolute atomic E-state index is 9.61. The molecule has 42 valence electrons. The number of carbonyl (C=O) groups excluding carboxylic acids is 1. The van der Waals surface area contributed by atoms with Gasteiger partial charge in [-0.3, -0.25) is 0 Å². The summed E-state index contributed by atoms with van der Waals surface area (Å²) in [6.45, 7) is -0.428. The molecule has 0 saturated heterocycles. The highest BCUT2D eigenvalue weighted by Gasteiger charge is 1.98. The molecule has 1 unspecified atom stereocenters. The standard InChI is InChI=1S/C3H5BrO3/c4-2(1-5)3(6)7/h2,5H,1H2,(H,6,7)/p-1. The Morgan fingerprint density at radius 3 is 2.43 bits per heavy atom. The van der Waals surface area contributed by atoms with E-state index in [1.54, 1.807) is 0 Å². The first kappa shape index (κ1) is 6.91. The predicted molar refractivity (Wildman–Crippen MR) is 24.8 cm³/mol. The summed E-state index contributed by atoms with van der Waals surface area (Å²) in [6.07, 6.45) is 0. The Balaban J connectivity index is 3.34. The normalized spacial score (nSPS) is 13.4. The molecular formula is C3H4BrO3-. The largest absolute Gasteiger partial charge is 0.549 e. The van der Waals surface area contributed by atoms with Gasteiger partial charge in [-0.05, 0) is 0 Å². The van der Waals surface area contributed by atoms with Gasteiger partial charge in [0.2, 0.25) is 0 Å². The highest BCUT2D eigenvalue weighted by atomic mass is 79.9. The van der Waals surface area contributed by atoms with Gasteiger partial charge in [-0.25, -0.2) is 0 Å². The van der Waals surface area contributed by atoms with Crippen molar-refractivity contribution in [2.75, 3.05) is 6.61 Å². The van der Waals surface area contributed by atoms with E-state index in [0.29, 0.717) is 0 Å². The van der Waals surface area contributed by atoms with Crippen LogP contribution in [-0.4, -0.2) is 22.5 Å². The zero-order chi connectivity index (χ0) is 5.86. The van der Waals surface area contributed by atoms with Gasteiger partial charge in [-0.15, -0.1) is 0 Å². The van der Waals surface area contributed by atoms with Gasteiger partial charge in [0.05, 0.1) is 17.4 Å². The number of aliphatic carboxylic acids is 1. The van der Waals surface area contributed by atoms with Crippen molar-refractivity contribution in [3.63, 3.8) is 0 Å². The first-order chi connectivity index (χ1) is 3.18. The van der Waals surface area contributed by atoms with E-state index in [0.717, 1.165) is 0 Å². The molecule has 0 heterocycles. The maximum Gasteiger partial charge on any atom is 0.0771 e. The van der Waals surface area contributed by atoms with Gasteiger partial charge in [0.1, 0.15) is 0 Å². The Morgan fingerprint density at radius 2 is 2.43 bits per heavy atom. The van der Waals surface area contributed by atoms with E-state index in [4.69, 9.17) is 5.11 Å². The fraction of sp³-hybridized carbons (Fsp3) is 0.667. The summed E-state index contributed by atoms with van der Waals surface area (Å²) >= 11 is 2.63. The predicted octanol–water partition coefficient (Wildman–Crippen LogP) is -1.51. The second-order valence-electron chi connectivity index (χ2n) is 0.969. The minimum atomic E-state index is -1.29. The van der Waals surface area contributed by atoms with Crippen molar-refractivity contribution in [3.05, 3.63) is 0 Å². The molecule has 0 aromatic heterocycles. The summed E-state index contributed by atoms with van der Waals surface area (Å²) in [5, 5.41) is 17.6. The molecule has 1 atom stereocenters. The zero-order valence-corrected chi connectivity index (χ0v) is 5.01. The first-order valence-electron chi connectivity index (χ1n) is 1.64. The van der Waals surface area contributed by atoms with Gasteiger partial charge in [0.15, 0.2) is 0 Å². The molecule has 0 rings (SSSR count). The summed E-state index contributed by atoms with van der Waals surface area (Å²) in [5.74, 6) is -1.29. The number of hydrogen-bond donors (Lipinski definition) is 1. The molecule has 0 aliphatic heterocycles. The van der Waals surface area contributed by atoms with Crippen molar-refractivity contribution < 1.29 is 15.0 Å². The van der Waals surface area contributed by atoms with Crippen LogP contribution in [0, 0.1) is 0 Å².